The van der Waals surface area contributed by atoms with Gasteiger partial charge in [-0.1, -0.05) is 0 Å². The highest BCUT2D eigenvalue weighted by molar-refractivity contribution is 7.89. The predicted octanol–water partition coefficient (Wildman–Crippen LogP) is 0.334. The molecule has 0 saturated heterocycles. The highest BCUT2D eigenvalue weighted by Gasteiger charge is 2.15. The van der Waals surface area contributed by atoms with Crippen molar-refractivity contribution < 1.29 is 17.4 Å². The molecule has 1 aromatic carbocycles. The first kappa shape index (κ1) is 16.9. The van der Waals surface area contributed by atoms with Crippen LogP contribution in [0.3, 0.4) is 0 Å². The van der Waals surface area contributed by atoms with E-state index in [2.05, 4.69) is 4.72 Å². The van der Waals surface area contributed by atoms with Crippen molar-refractivity contribution in [1.82, 2.24) is 4.72 Å². The van der Waals surface area contributed by atoms with Crippen molar-refractivity contribution in [2.75, 3.05) is 30.1 Å². The van der Waals surface area contributed by atoms with E-state index in [4.69, 9.17) is 10.5 Å². The van der Waals surface area contributed by atoms with Gasteiger partial charge in [-0.2, -0.15) is 0 Å². The van der Waals surface area contributed by atoms with E-state index in [0.29, 0.717) is 11.4 Å². The average Bonchev–Trinajstić information content (AvgIpc) is 2.29. The van der Waals surface area contributed by atoms with E-state index in [9.17, 15) is 12.6 Å². The van der Waals surface area contributed by atoms with E-state index < -0.39 is 20.8 Å². The smallest absolute Gasteiger partial charge is 0.215 e. The molecule has 20 heavy (non-hydrogen) atoms. The fraction of sp³-hybridized carbons (Fsp3) is 0.500. The fourth-order valence-electron chi connectivity index (χ4n) is 1.58. The van der Waals surface area contributed by atoms with Gasteiger partial charge in [0.1, 0.15) is 12.4 Å². The minimum Gasteiger partial charge on any atom is -0.492 e. The molecular weight excluding hydrogens is 300 g/mol. The van der Waals surface area contributed by atoms with Gasteiger partial charge >= 0.3 is 0 Å². The molecule has 2 unspecified atom stereocenters. The van der Waals surface area contributed by atoms with Crippen LogP contribution in [0.25, 0.3) is 0 Å². The Morgan fingerprint density at radius 2 is 1.95 bits per heavy atom. The lowest BCUT2D eigenvalue weighted by atomic mass is 10.3. The Kier molecular flexibility index (Phi) is 6.44. The molecule has 0 saturated carbocycles. The van der Waals surface area contributed by atoms with Crippen LogP contribution in [0.4, 0.5) is 5.69 Å². The normalized spacial score (nSPS) is 14.7. The van der Waals surface area contributed by atoms with Crippen LogP contribution in [0.15, 0.2) is 24.3 Å². The van der Waals surface area contributed by atoms with E-state index in [1.807, 2.05) is 0 Å². The van der Waals surface area contributed by atoms with Crippen LogP contribution in [-0.4, -0.2) is 43.0 Å². The van der Waals surface area contributed by atoms with Crippen LogP contribution in [0.5, 0.6) is 5.75 Å². The Morgan fingerprint density at radius 1 is 1.35 bits per heavy atom. The third-order valence-electron chi connectivity index (χ3n) is 2.37. The Balaban J connectivity index is 2.39. The molecule has 0 heterocycles. The summed E-state index contributed by atoms with van der Waals surface area (Å²) in [6.07, 6.45) is 1.54. The number of nitrogens with two attached hydrogens (primary N) is 1. The monoisotopic (exact) mass is 320 g/mol. The third kappa shape index (κ3) is 6.88. The standard InChI is InChI=1S/C12H20N2O4S2/c1-10(9-19(2)15)14-20(16,17)8-7-18-12-5-3-11(13)4-6-12/h3-6,10,14H,7-9,13H2,1-2H3. The molecule has 0 aliphatic heterocycles. The molecule has 0 aliphatic rings. The molecule has 0 bridgehead atoms. The van der Waals surface area contributed by atoms with Gasteiger partial charge in [-0.3, -0.25) is 4.21 Å². The minimum absolute atomic E-state index is 0.0428. The lowest BCUT2D eigenvalue weighted by molar-refractivity contribution is 0.340. The van der Waals surface area contributed by atoms with Gasteiger partial charge in [-0.15, -0.1) is 0 Å². The number of hydrogen-bond donors (Lipinski definition) is 2. The first-order chi connectivity index (χ1) is 9.28. The Hall–Kier alpha value is -1.12. The van der Waals surface area contributed by atoms with Gasteiger partial charge in [-0.25, -0.2) is 13.1 Å². The van der Waals surface area contributed by atoms with Crippen molar-refractivity contribution in [3.63, 3.8) is 0 Å². The molecule has 1 rings (SSSR count). The third-order valence-corrected chi connectivity index (χ3v) is 4.80. The van der Waals surface area contributed by atoms with Gasteiger partial charge in [0.2, 0.25) is 10.0 Å². The average molecular weight is 320 g/mol. The zero-order valence-electron chi connectivity index (χ0n) is 11.5. The second-order valence-corrected chi connectivity index (χ2v) is 7.85. The SMILES string of the molecule is CC(CS(C)=O)NS(=O)(=O)CCOc1ccc(N)cc1. The zero-order valence-corrected chi connectivity index (χ0v) is 13.2. The number of nitrogens with one attached hydrogen (secondary N) is 1. The van der Waals surface area contributed by atoms with Gasteiger partial charge in [0, 0.05) is 34.5 Å². The van der Waals surface area contributed by atoms with E-state index in [1.54, 1.807) is 31.2 Å². The highest BCUT2D eigenvalue weighted by atomic mass is 32.2. The van der Waals surface area contributed by atoms with Gasteiger partial charge < -0.3 is 10.5 Å². The van der Waals surface area contributed by atoms with Crippen LogP contribution in [-0.2, 0) is 20.8 Å². The predicted molar refractivity (Wildman–Crippen MR) is 81.7 cm³/mol. The maximum atomic E-state index is 11.8. The topological polar surface area (TPSA) is 98.5 Å². The molecule has 0 spiro atoms. The molecule has 0 amide bonds. The van der Waals surface area contributed by atoms with Gasteiger partial charge in [0.05, 0.1) is 5.75 Å². The summed E-state index contributed by atoms with van der Waals surface area (Å²) in [6, 6.07) is 6.36. The van der Waals surface area contributed by atoms with Crippen molar-refractivity contribution in [3.05, 3.63) is 24.3 Å². The molecule has 0 fully saturated rings. The van der Waals surface area contributed by atoms with Crippen molar-refractivity contribution in [2.24, 2.45) is 0 Å². The summed E-state index contributed by atoms with van der Waals surface area (Å²) in [5.74, 6) is 0.702. The Labute approximate surface area is 122 Å². The van der Waals surface area contributed by atoms with E-state index in [-0.39, 0.29) is 24.2 Å². The summed E-state index contributed by atoms with van der Waals surface area (Å²) in [5, 5.41) is 0. The molecule has 0 aromatic heterocycles. The molecule has 0 aliphatic carbocycles. The molecule has 1 aromatic rings. The second kappa shape index (κ2) is 7.61. The lowest BCUT2D eigenvalue weighted by Crippen LogP contribution is -2.38. The summed E-state index contributed by atoms with van der Waals surface area (Å²) in [4.78, 5) is 0. The molecule has 114 valence electrons. The maximum Gasteiger partial charge on any atom is 0.215 e. The summed E-state index contributed by atoms with van der Waals surface area (Å²) >= 11 is 0. The summed E-state index contributed by atoms with van der Waals surface area (Å²) < 4.78 is 42.3. The number of rotatable bonds is 8. The number of benzene rings is 1. The number of nitrogen functional groups attached to an aromatic ring is 1. The second-order valence-electron chi connectivity index (χ2n) is 4.50. The summed E-state index contributed by atoms with van der Waals surface area (Å²) in [5.41, 5.74) is 6.15. The van der Waals surface area contributed by atoms with Crippen molar-refractivity contribution in [3.8, 4) is 5.75 Å². The number of hydrogen-bond acceptors (Lipinski definition) is 5. The number of ether oxygens (including phenoxy) is 1. The minimum atomic E-state index is -3.44. The largest absolute Gasteiger partial charge is 0.492 e. The first-order valence-corrected chi connectivity index (χ1v) is 9.45. The fourth-order valence-corrected chi connectivity index (χ4v) is 3.59. The number of anilines is 1. The number of sulfonamides is 1. The van der Waals surface area contributed by atoms with E-state index in [1.165, 1.54) is 6.26 Å². The Morgan fingerprint density at radius 3 is 2.50 bits per heavy atom. The summed E-state index contributed by atoms with van der Waals surface area (Å²) in [7, 11) is -4.48. The van der Waals surface area contributed by atoms with Crippen molar-refractivity contribution >= 4 is 26.5 Å². The van der Waals surface area contributed by atoms with Crippen LogP contribution in [0, 0.1) is 0 Å². The quantitative estimate of drug-likeness (QED) is 0.673. The van der Waals surface area contributed by atoms with Crippen LogP contribution < -0.4 is 15.2 Å². The first-order valence-electron chi connectivity index (χ1n) is 6.07. The Bertz CT molecular complexity index is 543. The zero-order chi connectivity index (χ0) is 15.2. The highest BCUT2D eigenvalue weighted by Crippen LogP contribution is 2.12. The lowest BCUT2D eigenvalue weighted by Gasteiger charge is -2.13. The molecule has 2 atom stereocenters. The van der Waals surface area contributed by atoms with E-state index >= 15 is 0 Å². The molecule has 6 nitrogen and oxygen atoms in total. The molecule has 3 N–H and O–H groups in total. The van der Waals surface area contributed by atoms with Gasteiger partial charge in [0.25, 0.3) is 0 Å². The maximum absolute atomic E-state index is 11.8. The van der Waals surface area contributed by atoms with Gasteiger partial charge in [-0.05, 0) is 31.2 Å². The molecule has 8 heteroatoms. The van der Waals surface area contributed by atoms with Crippen molar-refractivity contribution in [1.29, 1.82) is 0 Å². The van der Waals surface area contributed by atoms with E-state index in [0.717, 1.165) is 0 Å². The van der Waals surface area contributed by atoms with Crippen LogP contribution in [0.2, 0.25) is 0 Å². The summed E-state index contributed by atoms with van der Waals surface area (Å²) in [6.45, 7) is 1.72. The van der Waals surface area contributed by atoms with Crippen molar-refractivity contribution in [2.45, 2.75) is 13.0 Å². The molecular formula is C12H20N2O4S2. The van der Waals surface area contributed by atoms with Gasteiger partial charge in [0.15, 0.2) is 0 Å². The van der Waals surface area contributed by atoms with Crippen LogP contribution >= 0.6 is 0 Å². The molecule has 0 radical (unpaired) electrons. The van der Waals surface area contributed by atoms with Crippen LogP contribution in [0.1, 0.15) is 6.92 Å².